The number of fused-ring (bicyclic) bond motifs is 2. The van der Waals surface area contributed by atoms with Crippen molar-refractivity contribution in [2.75, 3.05) is 11.9 Å². The van der Waals surface area contributed by atoms with Crippen LogP contribution in [0.4, 0.5) is 5.00 Å². The van der Waals surface area contributed by atoms with Crippen LogP contribution in [0.2, 0.25) is 0 Å². The largest absolute Gasteiger partial charge is 0.484 e. The fourth-order valence-electron chi connectivity index (χ4n) is 3.48. The van der Waals surface area contributed by atoms with Gasteiger partial charge in [0.25, 0.3) is 11.8 Å². The van der Waals surface area contributed by atoms with E-state index >= 15 is 0 Å². The molecular formula is C21H20N2O3S. The number of hydrogen-bond acceptors (Lipinski definition) is 4. The summed E-state index contributed by atoms with van der Waals surface area (Å²) in [6, 6.07) is 13.7. The van der Waals surface area contributed by atoms with Crippen LogP contribution < -0.4 is 15.8 Å². The number of benzene rings is 2. The lowest BCUT2D eigenvalue weighted by atomic mass is 9.95. The number of primary amides is 1. The van der Waals surface area contributed by atoms with Crippen molar-refractivity contribution in [3.05, 3.63) is 58.5 Å². The van der Waals surface area contributed by atoms with Gasteiger partial charge < -0.3 is 15.8 Å². The Hall–Kier alpha value is -2.86. The second-order valence-electron chi connectivity index (χ2n) is 6.63. The minimum Gasteiger partial charge on any atom is -0.484 e. The van der Waals surface area contributed by atoms with E-state index in [1.165, 1.54) is 11.3 Å². The van der Waals surface area contributed by atoms with Crippen LogP contribution >= 0.6 is 11.3 Å². The number of nitrogens with one attached hydrogen (secondary N) is 1. The van der Waals surface area contributed by atoms with Gasteiger partial charge in [-0.25, -0.2) is 0 Å². The highest BCUT2D eigenvalue weighted by molar-refractivity contribution is 7.17. The van der Waals surface area contributed by atoms with Gasteiger partial charge in [-0.2, -0.15) is 0 Å². The first-order valence-electron chi connectivity index (χ1n) is 8.97. The summed E-state index contributed by atoms with van der Waals surface area (Å²) in [4.78, 5) is 25.4. The van der Waals surface area contributed by atoms with E-state index in [-0.39, 0.29) is 12.5 Å². The third kappa shape index (κ3) is 3.66. The van der Waals surface area contributed by atoms with E-state index in [4.69, 9.17) is 10.5 Å². The third-order valence-electron chi connectivity index (χ3n) is 4.76. The number of ether oxygens (including phenoxy) is 1. The molecule has 2 amide bonds. The maximum absolute atomic E-state index is 12.4. The van der Waals surface area contributed by atoms with Crippen molar-refractivity contribution in [2.24, 2.45) is 5.73 Å². The molecule has 138 valence electrons. The van der Waals surface area contributed by atoms with Crippen LogP contribution in [0.3, 0.4) is 0 Å². The number of aryl methyl sites for hydroxylation is 1. The molecule has 3 N–H and O–H groups in total. The highest BCUT2D eigenvalue weighted by Crippen LogP contribution is 2.37. The molecule has 0 saturated carbocycles. The second kappa shape index (κ2) is 7.40. The van der Waals surface area contributed by atoms with Gasteiger partial charge in [0.05, 0.1) is 5.56 Å². The minimum atomic E-state index is -0.486. The summed E-state index contributed by atoms with van der Waals surface area (Å²) < 4.78 is 5.63. The minimum absolute atomic E-state index is 0.126. The van der Waals surface area contributed by atoms with Crippen molar-refractivity contribution in [3.8, 4) is 5.75 Å². The molecule has 1 aromatic heterocycles. The highest BCUT2D eigenvalue weighted by atomic mass is 32.1. The van der Waals surface area contributed by atoms with Gasteiger partial charge in [0, 0.05) is 4.88 Å². The van der Waals surface area contributed by atoms with Crippen LogP contribution in [0.5, 0.6) is 5.75 Å². The number of anilines is 1. The number of hydrogen-bond donors (Lipinski definition) is 2. The molecule has 0 spiro atoms. The molecule has 6 heteroatoms. The number of rotatable bonds is 5. The Balaban J connectivity index is 1.46. The summed E-state index contributed by atoms with van der Waals surface area (Å²) in [7, 11) is 0. The van der Waals surface area contributed by atoms with Crippen LogP contribution in [0, 0.1) is 0 Å². The molecule has 1 heterocycles. The number of carbonyl (C=O) groups is 2. The summed E-state index contributed by atoms with van der Waals surface area (Å²) in [5.41, 5.74) is 7.03. The third-order valence-corrected chi connectivity index (χ3v) is 5.97. The summed E-state index contributed by atoms with van der Waals surface area (Å²) in [5, 5.41) is 5.52. The van der Waals surface area contributed by atoms with Crippen molar-refractivity contribution in [1.82, 2.24) is 0 Å². The molecule has 4 rings (SSSR count). The summed E-state index contributed by atoms with van der Waals surface area (Å²) >= 11 is 1.45. The fourth-order valence-corrected chi connectivity index (χ4v) is 4.79. The summed E-state index contributed by atoms with van der Waals surface area (Å²) in [6.45, 7) is -0.126. The van der Waals surface area contributed by atoms with Crippen LogP contribution in [-0.2, 0) is 17.6 Å². The Bertz CT molecular complexity index is 1030. The average molecular weight is 380 g/mol. The number of thiophene rings is 1. The van der Waals surface area contributed by atoms with Crippen molar-refractivity contribution < 1.29 is 14.3 Å². The molecule has 0 radical (unpaired) electrons. The lowest BCUT2D eigenvalue weighted by molar-refractivity contribution is -0.118. The zero-order valence-electron chi connectivity index (χ0n) is 14.8. The van der Waals surface area contributed by atoms with Crippen LogP contribution in [-0.4, -0.2) is 18.4 Å². The number of amides is 2. The Morgan fingerprint density at radius 3 is 2.67 bits per heavy atom. The predicted octanol–water partition coefficient (Wildman–Crippen LogP) is 3.90. The maximum Gasteiger partial charge on any atom is 0.262 e. The van der Waals surface area contributed by atoms with Gasteiger partial charge in [0.1, 0.15) is 10.8 Å². The molecule has 1 aliphatic carbocycles. The SMILES string of the molecule is NC(=O)c1c(NC(=O)COc2ccc3ccccc3c2)sc2c1CCCC2. The maximum atomic E-state index is 12.4. The Labute approximate surface area is 161 Å². The monoisotopic (exact) mass is 380 g/mol. The molecule has 0 atom stereocenters. The molecule has 0 saturated heterocycles. The van der Waals surface area contributed by atoms with E-state index < -0.39 is 5.91 Å². The molecule has 0 unspecified atom stereocenters. The Morgan fingerprint density at radius 2 is 1.85 bits per heavy atom. The molecule has 5 nitrogen and oxygen atoms in total. The molecule has 27 heavy (non-hydrogen) atoms. The molecular weight excluding hydrogens is 360 g/mol. The van der Waals surface area contributed by atoms with Crippen molar-refractivity contribution >= 4 is 38.9 Å². The quantitative estimate of drug-likeness (QED) is 0.704. The molecule has 0 bridgehead atoms. The molecule has 2 aromatic carbocycles. The lowest BCUT2D eigenvalue weighted by Crippen LogP contribution is -2.22. The molecule has 0 fully saturated rings. The van der Waals surface area contributed by atoms with Gasteiger partial charge >= 0.3 is 0 Å². The van der Waals surface area contributed by atoms with E-state index in [0.29, 0.717) is 16.3 Å². The number of carbonyl (C=O) groups excluding carboxylic acids is 2. The first kappa shape index (κ1) is 17.5. The van der Waals surface area contributed by atoms with Crippen molar-refractivity contribution in [2.45, 2.75) is 25.7 Å². The van der Waals surface area contributed by atoms with Gasteiger partial charge in [-0.05, 0) is 54.2 Å². The normalized spacial score (nSPS) is 13.2. The van der Waals surface area contributed by atoms with Gasteiger partial charge in [0.2, 0.25) is 0 Å². The zero-order valence-corrected chi connectivity index (χ0v) is 15.6. The van der Waals surface area contributed by atoms with Gasteiger partial charge in [0.15, 0.2) is 6.61 Å². The molecule has 3 aromatic rings. The van der Waals surface area contributed by atoms with Crippen molar-refractivity contribution in [1.29, 1.82) is 0 Å². The van der Waals surface area contributed by atoms with E-state index in [1.807, 2.05) is 42.5 Å². The number of nitrogens with two attached hydrogens (primary N) is 1. The van der Waals surface area contributed by atoms with Crippen LogP contribution in [0.25, 0.3) is 10.8 Å². The van der Waals surface area contributed by atoms with Gasteiger partial charge in [-0.3, -0.25) is 9.59 Å². The Morgan fingerprint density at radius 1 is 1.07 bits per heavy atom. The average Bonchev–Trinajstić information content (AvgIpc) is 3.04. The molecule has 0 aliphatic heterocycles. The lowest BCUT2D eigenvalue weighted by Gasteiger charge is -2.11. The fraction of sp³-hybridized carbons (Fsp3) is 0.238. The standard InChI is InChI=1S/C21H20N2O3S/c22-20(25)19-16-7-3-4-8-17(16)27-21(19)23-18(24)12-26-15-10-9-13-5-1-2-6-14(13)11-15/h1-2,5-6,9-11H,3-4,7-8,12H2,(H2,22,25)(H,23,24). The van der Waals surface area contributed by atoms with Crippen LogP contribution in [0.1, 0.15) is 33.6 Å². The summed E-state index contributed by atoms with van der Waals surface area (Å²) in [5.74, 6) is -0.158. The smallest absolute Gasteiger partial charge is 0.262 e. The van der Waals surface area contributed by atoms with E-state index in [1.54, 1.807) is 0 Å². The van der Waals surface area contributed by atoms with Crippen molar-refractivity contribution in [3.63, 3.8) is 0 Å². The topological polar surface area (TPSA) is 81.4 Å². The first-order chi connectivity index (χ1) is 13.1. The van der Waals surface area contributed by atoms with Crippen LogP contribution in [0.15, 0.2) is 42.5 Å². The second-order valence-corrected chi connectivity index (χ2v) is 7.73. The zero-order chi connectivity index (χ0) is 18.8. The Kier molecular flexibility index (Phi) is 4.81. The van der Waals surface area contributed by atoms with E-state index in [9.17, 15) is 9.59 Å². The van der Waals surface area contributed by atoms with Gasteiger partial charge in [-0.15, -0.1) is 11.3 Å². The first-order valence-corrected chi connectivity index (χ1v) is 9.79. The molecule has 1 aliphatic rings. The predicted molar refractivity (Wildman–Crippen MR) is 108 cm³/mol. The highest BCUT2D eigenvalue weighted by Gasteiger charge is 2.24. The summed E-state index contributed by atoms with van der Waals surface area (Å²) in [6.07, 6.45) is 3.92. The van der Waals surface area contributed by atoms with E-state index in [2.05, 4.69) is 5.32 Å². The van der Waals surface area contributed by atoms with Gasteiger partial charge in [-0.1, -0.05) is 30.3 Å². The van der Waals surface area contributed by atoms with E-state index in [0.717, 1.165) is 46.9 Å².